The maximum Gasteiger partial charge on any atom is 0.411 e. The van der Waals surface area contributed by atoms with Crippen LogP contribution >= 0.6 is 24.0 Å². The summed E-state index contributed by atoms with van der Waals surface area (Å²) in [4.78, 5) is 6.87. The molecule has 8 heteroatoms. The molecule has 0 unspecified atom stereocenters. The molecule has 142 valence electrons. The molecule has 4 nitrogen and oxygen atoms in total. The minimum atomic E-state index is -4.29. The molecule has 0 aromatic heterocycles. The standard InChI is InChI=1S/C17H24F3N3O.HI/c1-2-21-16(23-8-3-4-9-23)22-11-14-6-5-7-15(10-14)12-24-13-17(18,19)20;/h5-7,10H,2-4,8-9,11-13H2,1H3,(H,21,22);1H. The molecule has 0 radical (unpaired) electrons. The van der Waals surface area contributed by atoms with Crippen molar-refractivity contribution in [1.82, 2.24) is 10.2 Å². The molecule has 1 N–H and O–H groups in total. The van der Waals surface area contributed by atoms with Gasteiger partial charge in [0.25, 0.3) is 0 Å². The Morgan fingerprint density at radius 3 is 2.56 bits per heavy atom. The van der Waals surface area contributed by atoms with Gasteiger partial charge in [-0.3, -0.25) is 0 Å². The second-order valence-corrected chi connectivity index (χ2v) is 5.79. The van der Waals surface area contributed by atoms with Crippen molar-refractivity contribution in [1.29, 1.82) is 0 Å². The van der Waals surface area contributed by atoms with E-state index in [1.807, 2.05) is 25.1 Å². The first-order valence-electron chi connectivity index (χ1n) is 8.23. The zero-order valence-corrected chi connectivity index (χ0v) is 16.6. The molecule has 0 bridgehead atoms. The van der Waals surface area contributed by atoms with Crippen molar-refractivity contribution in [2.24, 2.45) is 4.99 Å². The normalized spacial score (nSPS) is 15.2. The first-order valence-corrected chi connectivity index (χ1v) is 8.23. The maximum absolute atomic E-state index is 12.1. The summed E-state index contributed by atoms with van der Waals surface area (Å²) in [5, 5.41) is 3.29. The highest BCUT2D eigenvalue weighted by Crippen LogP contribution is 2.16. The fourth-order valence-electron chi connectivity index (χ4n) is 2.62. The van der Waals surface area contributed by atoms with Crippen LogP contribution in [0.25, 0.3) is 0 Å². The van der Waals surface area contributed by atoms with E-state index in [0.29, 0.717) is 6.54 Å². The van der Waals surface area contributed by atoms with E-state index in [9.17, 15) is 13.2 Å². The van der Waals surface area contributed by atoms with Crippen LogP contribution in [0.4, 0.5) is 13.2 Å². The Hall–Kier alpha value is -1.03. The molecule has 1 aromatic rings. The zero-order valence-electron chi connectivity index (χ0n) is 14.3. The molecule has 0 atom stereocenters. The van der Waals surface area contributed by atoms with E-state index in [2.05, 4.69) is 15.2 Å². The Kier molecular flexibility index (Phi) is 9.55. The van der Waals surface area contributed by atoms with Crippen molar-refractivity contribution in [2.75, 3.05) is 26.2 Å². The van der Waals surface area contributed by atoms with Gasteiger partial charge in [-0.1, -0.05) is 24.3 Å². The number of hydrogen-bond donors (Lipinski definition) is 1. The predicted octanol–water partition coefficient (Wildman–Crippen LogP) is 3.94. The third-order valence-electron chi connectivity index (χ3n) is 3.68. The number of alkyl halides is 3. The highest BCUT2D eigenvalue weighted by atomic mass is 127. The lowest BCUT2D eigenvalue weighted by atomic mass is 10.1. The van der Waals surface area contributed by atoms with Crippen molar-refractivity contribution in [2.45, 2.75) is 39.1 Å². The summed E-state index contributed by atoms with van der Waals surface area (Å²) >= 11 is 0. The average Bonchev–Trinajstić information content (AvgIpc) is 3.05. The molecule has 0 saturated carbocycles. The van der Waals surface area contributed by atoms with E-state index in [1.54, 1.807) is 6.07 Å². The average molecular weight is 471 g/mol. The molecule has 0 spiro atoms. The van der Waals surface area contributed by atoms with Crippen LogP contribution in [0, 0.1) is 0 Å². The minimum absolute atomic E-state index is 0. The maximum atomic E-state index is 12.1. The Balaban J connectivity index is 0.00000312. The van der Waals surface area contributed by atoms with E-state index in [1.165, 1.54) is 12.8 Å². The molecular formula is C17H25F3IN3O. The smallest absolute Gasteiger partial charge is 0.367 e. The summed E-state index contributed by atoms with van der Waals surface area (Å²) in [6.07, 6.45) is -1.94. The summed E-state index contributed by atoms with van der Waals surface area (Å²) in [6.45, 7) is 4.07. The summed E-state index contributed by atoms with van der Waals surface area (Å²) in [6, 6.07) is 7.34. The van der Waals surface area contributed by atoms with Gasteiger partial charge in [-0.05, 0) is 30.9 Å². The summed E-state index contributed by atoms with van der Waals surface area (Å²) in [5.41, 5.74) is 1.68. The van der Waals surface area contributed by atoms with Gasteiger partial charge in [0.2, 0.25) is 0 Å². The van der Waals surface area contributed by atoms with Crippen molar-refractivity contribution in [3.05, 3.63) is 35.4 Å². The SMILES string of the molecule is CCNC(=NCc1cccc(COCC(F)(F)F)c1)N1CCCC1.I. The van der Waals surface area contributed by atoms with Gasteiger partial charge in [0.1, 0.15) is 6.61 Å². The van der Waals surface area contributed by atoms with Crippen LogP contribution < -0.4 is 5.32 Å². The minimum Gasteiger partial charge on any atom is -0.367 e. The first-order chi connectivity index (χ1) is 11.5. The van der Waals surface area contributed by atoms with Gasteiger partial charge in [-0.2, -0.15) is 13.2 Å². The van der Waals surface area contributed by atoms with Gasteiger partial charge in [0, 0.05) is 19.6 Å². The second kappa shape index (κ2) is 10.8. The van der Waals surface area contributed by atoms with Crippen LogP contribution in [0.15, 0.2) is 29.3 Å². The second-order valence-electron chi connectivity index (χ2n) is 5.79. The van der Waals surface area contributed by atoms with Crippen LogP contribution in [0.2, 0.25) is 0 Å². The lowest BCUT2D eigenvalue weighted by molar-refractivity contribution is -0.176. The van der Waals surface area contributed by atoms with Crippen LogP contribution in [0.1, 0.15) is 30.9 Å². The largest absolute Gasteiger partial charge is 0.411 e. The molecular weight excluding hydrogens is 446 g/mol. The van der Waals surface area contributed by atoms with Crippen LogP contribution in [-0.4, -0.2) is 43.3 Å². The number of halogens is 4. The van der Waals surface area contributed by atoms with Crippen LogP contribution in [-0.2, 0) is 17.9 Å². The highest BCUT2D eigenvalue weighted by Gasteiger charge is 2.27. The first kappa shape index (κ1) is 22.0. The number of guanidine groups is 1. The molecule has 25 heavy (non-hydrogen) atoms. The summed E-state index contributed by atoms with van der Waals surface area (Å²) < 4.78 is 41.0. The number of aliphatic imine (C=N–C) groups is 1. The topological polar surface area (TPSA) is 36.9 Å². The van der Waals surface area contributed by atoms with E-state index in [4.69, 9.17) is 4.74 Å². The van der Waals surface area contributed by atoms with Crippen molar-refractivity contribution in [3.8, 4) is 0 Å². The van der Waals surface area contributed by atoms with Crippen LogP contribution in [0.5, 0.6) is 0 Å². The number of hydrogen-bond acceptors (Lipinski definition) is 2. The molecule has 1 aromatic carbocycles. The lowest BCUT2D eigenvalue weighted by Crippen LogP contribution is -2.39. The number of benzene rings is 1. The molecule has 1 aliphatic heterocycles. The molecule has 1 aliphatic rings. The van der Waals surface area contributed by atoms with Crippen molar-refractivity contribution in [3.63, 3.8) is 0 Å². The molecule has 0 aliphatic carbocycles. The Labute approximate surface area is 163 Å². The van der Waals surface area contributed by atoms with Gasteiger partial charge < -0.3 is 15.0 Å². The quantitative estimate of drug-likeness (QED) is 0.388. The van der Waals surface area contributed by atoms with E-state index in [0.717, 1.165) is 36.7 Å². The van der Waals surface area contributed by atoms with Gasteiger partial charge in [-0.15, -0.1) is 24.0 Å². The van der Waals surface area contributed by atoms with E-state index in [-0.39, 0.29) is 30.6 Å². The number of nitrogens with one attached hydrogen (secondary N) is 1. The Morgan fingerprint density at radius 2 is 1.92 bits per heavy atom. The Bertz CT molecular complexity index is 546. The summed E-state index contributed by atoms with van der Waals surface area (Å²) in [5.74, 6) is 0.897. The molecule has 1 saturated heterocycles. The fraction of sp³-hybridized carbons (Fsp3) is 0.588. The molecule has 1 heterocycles. The van der Waals surface area contributed by atoms with Crippen LogP contribution in [0.3, 0.4) is 0 Å². The zero-order chi connectivity index (χ0) is 17.4. The van der Waals surface area contributed by atoms with Gasteiger partial charge in [0.15, 0.2) is 5.96 Å². The van der Waals surface area contributed by atoms with Gasteiger partial charge >= 0.3 is 6.18 Å². The van der Waals surface area contributed by atoms with Crippen molar-refractivity contribution < 1.29 is 17.9 Å². The van der Waals surface area contributed by atoms with Crippen molar-refractivity contribution >= 4 is 29.9 Å². The Morgan fingerprint density at radius 1 is 1.24 bits per heavy atom. The monoisotopic (exact) mass is 471 g/mol. The number of rotatable bonds is 6. The fourth-order valence-corrected chi connectivity index (χ4v) is 2.62. The third-order valence-corrected chi connectivity index (χ3v) is 3.68. The predicted molar refractivity (Wildman–Crippen MR) is 103 cm³/mol. The highest BCUT2D eigenvalue weighted by molar-refractivity contribution is 14.0. The summed E-state index contributed by atoms with van der Waals surface area (Å²) in [7, 11) is 0. The number of nitrogens with zero attached hydrogens (tertiary/aromatic N) is 2. The molecule has 0 amide bonds. The van der Waals surface area contributed by atoms with E-state index < -0.39 is 12.8 Å². The number of ether oxygens (including phenoxy) is 1. The lowest BCUT2D eigenvalue weighted by Gasteiger charge is -2.20. The molecule has 2 rings (SSSR count). The molecule has 1 fully saturated rings. The van der Waals surface area contributed by atoms with Gasteiger partial charge in [0.05, 0.1) is 13.2 Å². The third kappa shape index (κ3) is 8.26. The van der Waals surface area contributed by atoms with E-state index >= 15 is 0 Å². The van der Waals surface area contributed by atoms with Gasteiger partial charge in [-0.25, -0.2) is 4.99 Å². The number of likely N-dealkylation sites (tertiary alicyclic amines) is 1.